The van der Waals surface area contributed by atoms with Crippen LogP contribution in [0, 0.1) is 5.92 Å². The van der Waals surface area contributed by atoms with Gasteiger partial charge in [0.05, 0.1) is 33.0 Å². The van der Waals surface area contributed by atoms with Gasteiger partial charge >= 0.3 is 6.03 Å². The van der Waals surface area contributed by atoms with Gasteiger partial charge in [-0.05, 0) is 59.9 Å². The Morgan fingerprint density at radius 1 is 1.00 bits per heavy atom. The molecule has 2 amide bonds. The van der Waals surface area contributed by atoms with Gasteiger partial charge in [-0.15, -0.1) is 0 Å². The van der Waals surface area contributed by atoms with Crippen molar-refractivity contribution < 1.29 is 28.8 Å². The van der Waals surface area contributed by atoms with Gasteiger partial charge in [0.25, 0.3) is 0 Å². The molecule has 0 radical (unpaired) electrons. The summed E-state index contributed by atoms with van der Waals surface area (Å²) in [4.78, 5) is 14.6. The lowest BCUT2D eigenvalue weighted by Gasteiger charge is -2.43. The molecule has 5 rings (SSSR count). The normalized spacial score (nSPS) is 22.2. The molecule has 0 saturated carbocycles. The molecular formula is C33H41N3O6. The summed E-state index contributed by atoms with van der Waals surface area (Å²) in [7, 11) is 3.33. The Kier molecular flexibility index (Phi) is 9.64. The number of benzene rings is 3. The topological polar surface area (TPSA) is 102 Å². The lowest BCUT2D eigenvalue weighted by atomic mass is 9.89. The number of carbonyl (C=O) groups is 1. The molecule has 1 unspecified atom stereocenters. The second-order valence-corrected chi connectivity index (χ2v) is 10.9. The number of carbonyl (C=O) groups excluding carboxylic acids is 1. The smallest absolute Gasteiger partial charge is 0.319 e. The van der Waals surface area contributed by atoms with E-state index in [1.165, 1.54) is 11.1 Å². The first-order valence-electron chi connectivity index (χ1n) is 14.5. The molecule has 9 heteroatoms. The molecule has 3 N–H and O–H groups in total. The van der Waals surface area contributed by atoms with E-state index in [0.29, 0.717) is 12.2 Å². The number of urea groups is 1. The van der Waals surface area contributed by atoms with Crippen molar-refractivity contribution in [1.82, 2.24) is 10.2 Å². The third-order valence-corrected chi connectivity index (χ3v) is 8.11. The zero-order chi connectivity index (χ0) is 29.6. The van der Waals surface area contributed by atoms with Crippen LogP contribution >= 0.6 is 0 Å². The molecule has 3 aromatic rings. The van der Waals surface area contributed by atoms with Gasteiger partial charge in [-0.2, -0.15) is 0 Å². The van der Waals surface area contributed by atoms with Crippen LogP contribution in [0.3, 0.4) is 0 Å². The van der Waals surface area contributed by atoms with Crippen LogP contribution < -0.4 is 20.1 Å². The quantitative estimate of drug-likeness (QED) is 0.323. The van der Waals surface area contributed by atoms with E-state index in [2.05, 4.69) is 34.6 Å². The van der Waals surface area contributed by atoms with Crippen LogP contribution in [-0.4, -0.2) is 56.0 Å². The molecule has 3 aromatic carbocycles. The van der Waals surface area contributed by atoms with Crippen molar-refractivity contribution in [3.8, 4) is 11.5 Å². The number of amides is 2. The Balaban J connectivity index is 1.39. The Morgan fingerprint density at radius 2 is 1.74 bits per heavy atom. The predicted molar refractivity (Wildman–Crippen MR) is 161 cm³/mol. The van der Waals surface area contributed by atoms with E-state index in [-0.39, 0.29) is 30.8 Å². The van der Waals surface area contributed by atoms with E-state index in [1.807, 2.05) is 55.5 Å². The molecule has 4 atom stereocenters. The van der Waals surface area contributed by atoms with Gasteiger partial charge in [0.1, 0.15) is 0 Å². The number of hydrogen-bond donors (Lipinski definition) is 3. The van der Waals surface area contributed by atoms with Crippen molar-refractivity contribution >= 4 is 11.7 Å². The SMILES string of the molecule is CCNC(=O)Nc1cccc(C2O[C@H](CN3CCc4cc(OC)c(OC)cc4C3)[C@H](C)[C@H](c3ccc(CO)cc3)O2)c1. The lowest BCUT2D eigenvalue weighted by molar-refractivity contribution is -0.276. The van der Waals surface area contributed by atoms with Crippen LogP contribution in [-0.2, 0) is 29.0 Å². The van der Waals surface area contributed by atoms with Crippen molar-refractivity contribution in [2.24, 2.45) is 5.92 Å². The van der Waals surface area contributed by atoms with E-state index in [0.717, 1.165) is 54.2 Å². The second kappa shape index (κ2) is 13.6. The second-order valence-electron chi connectivity index (χ2n) is 10.9. The zero-order valence-electron chi connectivity index (χ0n) is 24.8. The molecule has 1 saturated heterocycles. The first-order valence-corrected chi connectivity index (χ1v) is 14.5. The lowest BCUT2D eigenvalue weighted by Crippen LogP contribution is -2.45. The van der Waals surface area contributed by atoms with Gasteiger partial charge in [-0.25, -0.2) is 4.79 Å². The third-order valence-electron chi connectivity index (χ3n) is 8.11. The molecule has 42 heavy (non-hydrogen) atoms. The minimum absolute atomic E-state index is 0.00574. The van der Waals surface area contributed by atoms with Gasteiger partial charge < -0.3 is 34.7 Å². The van der Waals surface area contributed by atoms with E-state index < -0.39 is 6.29 Å². The first kappa shape index (κ1) is 29.8. The molecular weight excluding hydrogens is 534 g/mol. The van der Waals surface area contributed by atoms with Gasteiger partial charge in [0, 0.05) is 43.3 Å². The summed E-state index contributed by atoms with van der Waals surface area (Å²) < 4.78 is 24.4. The van der Waals surface area contributed by atoms with Crippen LogP contribution in [0.1, 0.15) is 54.1 Å². The first-order chi connectivity index (χ1) is 20.4. The third kappa shape index (κ3) is 6.71. The van der Waals surface area contributed by atoms with Gasteiger partial charge in [0.15, 0.2) is 17.8 Å². The number of hydrogen-bond acceptors (Lipinski definition) is 7. The van der Waals surface area contributed by atoms with Crippen molar-refractivity contribution in [2.75, 3.05) is 39.2 Å². The van der Waals surface area contributed by atoms with Crippen molar-refractivity contribution in [1.29, 1.82) is 0 Å². The van der Waals surface area contributed by atoms with Crippen LogP contribution in [0.4, 0.5) is 10.5 Å². The molecule has 0 aliphatic carbocycles. The average molecular weight is 576 g/mol. The summed E-state index contributed by atoms with van der Waals surface area (Å²) in [5, 5.41) is 15.2. The largest absolute Gasteiger partial charge is 0.493 e. The van der Waals surface area contributed by atoms with Gasteiger partial charge in [0.2, 0.25) is 0 Å². The van der Waals surface area contributed by atoms with Gasteiger partial charge in [-0.1, -0.05) is 43.3 Å². The maximum absolute atomic E-state index is 12.1. The number of rotatable bonds is 9. The minimum atomic E-state index is -0.619. The van der Waals surface area contributed by atoms with Gasteiger partial charge in [-0.3, -0.25) is 4.90 Å². The summed E-state index contributed by atoms with van der Waals surface area (Å²) in [5.41, 5.74) is 5.90. The number of anilines is 1. The number of nitrogens with one attached hydrogen (secondary N) is 2. The highest BCUT2D eigenvalue weighted by Crippen LogP contribution is 2.43. The van der Waals surface area contributed by atoms with Crippen LogP contribution in [0.2, 0.25) is 0 Å². The highest BCUT2D eigenvalue weighted by Gasteiger charge is 2.39. The summed E-state index contributed by atoms with van der Waals surface area (Å²) >= 11 is 0. The number of ether oxygens (including phenoxy) is 4. The highest BCUT2D eigenvalue weighted by molar-refractivity contribution is 5.89. The molecule has 9 nitrogen and oxygen atoms in total. The molecule has 2 heterocycles. The maximum Gasteiger partial charge on any atom is 0.319 e. The fourth-order valence-corrected chi connectivity index (χ4v) is 5.78. The average Bonchev–Trinajstić information content (AvgIpc) is 3.01. The van der Waals surface area contributed by atoms with E-state index in [9.17, 15) is 9.90 Å². The van der Waals surface area contributed by atoms with Crippen molar-refractivity contribution in [3.05, 3.63) is 88.5 Å². The zero-order valence-corrected chi connectivity index (χ0v) is 24.8. The summed E-state index contributed by atoms with van der Waals surface area (Å²) in [6.07, 6.45) is -0.0434. The maximum atomic E-state index is 12.1. The molecule has 0 bridgehead atoms. The minimum Gasteiger partial charge on any atom is -0.493 e. The summed E-state index contributed by atoms with van der Waals surface area (Å²) in [6.45, 7) is 7.01. The number of methoxy groups -OCH3 is 2. The van der Waals surface area contributed by atoms with Crippen LogP contribution in [0.5, 0.6) is 11.5 Å². The monoisotopic (exact) mass is 575 g/mol. The van der Waals surface area contributed by atoms with Crippen molar-refractivity contribution in [2.45, 2.75) is 51.9 Å². The Hall–Kier alpha value is -3.63. The number of nitrogens with zero attached hydrogens (tertiary/aromatic N) is 1. The molecule has 2 aliphatic rings. The summed E-state index contributed by atoms with van der Waals surface area (Å²) in [6, 6.07) is 19.4. The van der Waals surface area contributed by atoms with E-state index in [4.69, 9.17) is 18.9 Å². The van der Waals surface area contributed by atoms with Crippen LogP contribution in [0.25, 0.3) is 0 Å². The fourth-order valence-electron chi connectivity index (χ4n) is 5.78. The molecule has 224 valence electrons. The summed E-state index contributed by atoms with van der Waals surface area (Å²) in [5.74, 6) is 1.55. The Labute approximate surface area is 247 Å². The molecule has 2 aliphatic heterocycles. The molecule has 1 fully saturated rings. The molecule has 0 spiro atoms. The van der Waals surface area contributed by atoms with Crippen LogP contribution in [0.15, 0.2) is 60.7 Å². The fraction of sp³-hybridized carbons (Fsp3) is 0.424. The Morgan fingerprint density at radius 3 is 2.43 bits per heavy atom. The Bertz CT molecular complexity index is 1360. The van der Waals surface area contributed by atoms with E-state index >= 15 is 0 Å². The number of aliphatic hydroxyl groups excluding tert-OH is 1. The number of aliphatic hydroxyl groups is 1. The number of fused-ring (bicyclic) bond motifs is 1. The van der Waals surface area contributed by atoms with E-state index in [1.54, 1.807) is 14.2 Å². The van der Waals surface area contributed by atoms with Crippen molar-refractivity contribution in [3.63, 3.8) is 0 Å². The standard InChI is InChI=1S/C33H41N3O6/c1-5-34-33(38)35-27-8-6-7-25(15-27)32-41-30(21(2)31(42-32)23-11-9-22(20-37)10-12-23)19-36-14-13-24-16-28(39-3)29(40-4)17-26(24)18-36/h6-12,15-17,21,30-32,37H,5,13-14,18-20H2,1-4H3,(H2,34,35,38)/t21-,30+,31+,32?/m0/s1. The highest BCUT2D eigenvalue weighted by atomic mass is 16.7. The molecule has 0 aromatic heterocycles. The predicted octanol–water partition coefficient (Wildman–Crippen LogP) is 5.19.